The van der Waals surface area contributed by atoms with E-state index in [0.29, 0.717) is 6.54 Å². The van der Waals surface area contributed by atoms with E-state index >= 15 is 0 Å². The average molecular weight is 395 g/mol. The van der Waals surface area contributed by atoms with Crippen molar-refractivity contribution in [2.45, 2.75) is 12.5 Å². The van der Waals surface area contributed by atoms with Crippen LogP contribution in [0.3, 0.4) is 0 Å². The number of carbonyl (C=O) groups is 1. The zero-order chi connectivity index (χ0) is 18.4. The van der Waals surface area contributed by atoms with Crippen molar-refractivity contribution in [1.82, 2.24) is 19.8 Å². The van der Waals surface area contributed by atoms with Gasteiger partial charge in [-0.15, -0.1) is 12.4 Å². The molecule has 1 aliphatic heterocycles. The number of carbonyl (C=O) groups excluding carboxylic acids is 1. The number of nitrogens with zero attached hydrogens (tertiary/aromatic N) is 3. The predicted molar refractivity (Wildman–Crippen MR) is 112 cm³/mol. The zero-order valence-corrected chi connectivity index (χ0v) is 16.6. The third kappa shape index (κ3) is 3.01. The minimum Gasteiger partial charge on any atom is -0.336 e. The molecular weight excluding hydrogens is 372 g/mol. The summed E-state index contributed by atoms with van der Waals surface area (Å²) in [5.41, 5.74) is 5.89. The maximum atomic E-state index is 13.4. The Kier molecular flexibility index (Phi) is 4.96. The van der Waals surface area contributed by atoms with Gasteiger partial charge in [0.25, 0.3) is 5.91 Å². The molecule has 2 heterocycles. The van der Waals surface area contributed by atoms with Gasteiger partial charge in [0.2, 0.25) is 0 Å². The van der Waals surface area contributed by atoms with Crippen LogP contribution in [0.1, 0.15) is 33.4 Å². The second-order valence-electron chi connectivity index (χ2n) is 7.32. The van der Waals surface area contributed by atoms with Crippen molar-refractivity contribution in [1.29, 1.82) is 0 Å². The van der Waals surface area contributed by atoms with Crippen molar-refractivity contribution < 1.29 is 4.79 Å². The molecule has 1 amide bonds. The summed E-state index contributed by atoms with van der Waals surface area (Å²) >= 11 is 0. The van der Waals surface area contributed by atoms with Gasteiger partial charge in [0, 0.05) is 44.6 Å². The first kappa shape index (κ1) is 18.7. The smallest absolute Gasteiger partial charge is 0.254 e. The van der Waals surface area contributed by atoms with Gasteiger partial charge in [-0.05, 0) is 40.8 Å². The summed E-state index contributed by atoms with van der Waals surface area (Å²) in [7, 11) is 1.98. The summed E-state index contributed by atoms with van der Waals surface area (Å²) in [5.74, 6) is 1.01. The van der Waals surface area contributed by atoms with Crippen LogP contribution in [-0.2, 0) is 13.5 Å². The van der Waals surface area contributed by atoms with Gasteiger partial charge in [-0.25, -0.2) is 4.98 Å². The van der Waals surface area contributed by atoms with Crippen molar-refractivity contribution in [3.05, 3.63) is 77.4 Å². The third-order valence-electron chi connectivity index (χ3n) is 5.70. The fourth-order valence-electron chi connectivity index (χ4n) is 4.32. The van der Waals surface area contributed by atoms with Crippen molar-refractivity contribution in [2.24, 2.45) is 7.05 Å². The van der Waals surface area contributed by atoms with Gasteiger partial charge >= 0.3 is 0 Å². The van der Waals surface area contributed by atoms with Gasteiger partial charge in [-0.2, -0.15) is 0 Å². The van der Waals surface area contributed by atoms with Crippen LogP contribution in [0, 0.1) is 0 Å². The summed E-state index contributed by atoms with van der Waals surface area (Å²) in [5, 5.41) is 3.39. The van der Waals surface area contributed by atoms with E-state index in [1.54, 1.807) is 6.20 Å². The highest BCUT2D eigenvalue weighted by Gasteiger charge is 2.31. The third-order valence-corrected chi connectivity index (χ3v) is 5.70. The first-order valence-corrected chi connectivity index (χ1v) is 9.42. The quantitative estimate of drug-likeness (QED) is 0.568. The zero-order valence-electron chi connectivity index (χ0n) is 15.8. The lowest BCUT2D eigenvalue weighted by molar-refractivity contribution is 0.0621. The maximum absolute atomic E-state index is 13.4. The van der Waals surface area contributed by atoms with E-state index in [1.165, 1.54) is 22.3 Å². The van der Waals surface area contributed by atoms with Crippen LogP contribution in [0.5, 0.6) is 0 Å². The number of hydrogen-bond donors (Lipinski definition) is 1. The van der Waals surface area contributed by atoms with Gasteiger partial charge in [-0.3, -0.25) is 4.79 Å². The average Bonchev–Trinajstić information content (AvgIpc) is 3.30. The van der Waals surface area contributed by atoms with Crippen molar-refractivity contribution >= 4 is 18.3 Å². The van der Waals surface area contributed by atoms with Crippen LogP contribution in [0.4, 0.5) is 0 Å². The van der Waals surface area contributed by atoms with E-state index in [9.17, 15) is 4.79 Å². The molecule has 2 aliphatic rings. The fraction of sp³-hybridized carbons (Fsp3) is 0.273. The summed E-state index contributed by atoms with van der Waals surface area (Å²) < 4.78 is 2.00. The van der Waals surface area contributed by atoms with E-state index in [0.717, 1.165) is 30.9 Å². The molecule has 28 heavy (non-hydrogen) atoms. The standard InChI is InChI=1S/C22H22N4O.ClH/c1-25-10-9-24-21(25)20-14-23-8-11-26(20)22(27)16-6-7-19-17(13-16)12-15-4-2-3-5-18(15)19;/h2-7,9-10,13,20,23H,8,11-12,14H2,1H3;1H. The summed E-state index contributed by atoms with van der Waals surface area (Å²) in [6, 6.07) is 14.6. The van der Waals surface area contributed by atoms with E-state index in [1.807, 2.05) is 28.8 Å². The van der Waals surface area contributed by atoms with Gasteiger partial charge < -0.3 is 14.8 Å². The SMILES string of the molecule is Cl.Cn1ccnc1C1CNCCN1C(=O)c1ccc2c(c1)Cc1ccccc1-2. The van der Waals surface area contributed by atoms with Crippen molar-refractivity contribution in [3.8, 4) is 11.1 Å². The molecule has 6 heteroatoms. The second-order valence-corrected chi connectivity index (χ2v) is 7.32. The molecule has 1 aromatic heterocycles. The van der Waals surface area contributed by atoms with Crippen molar-refractivity contribution in [2.75, 3.05) is 19.6 Å². The number of amides is 1. The van der Waals surface area contributed by atoms with E-state index in [-0.39, 0.29) is 24.4 Å². The Morgan fingerprint density at radius 3 is 2.79 bits per heavy atom. The molecule has 144 valence electrons. The highest BCUT2D eigenvalue weighted by atomic mass is 35.5. The topological polar surface area (TPSA) is 50.2 Å². The number of halogens is 1. The molecule has 1 N–H and O–H groups in total. The molecule has 1 atom stereocenters. The molecule has 0 spiro atoms. The number of benzene rings is 2. The lowest BCUT2D eigenvalue weighted by Crippen LogP contribution is -2.49. The first-order valence-electron chi connectivity index (χ1n) is 9.42. The highest BCUT2D eigenvalue weighted by Crippen LogP contribution is 2.37. The molecule has 1 aliphatic carbocycles. The number of aromatic nitrogens is 2. The van der Waals surface area contributed by atoms with Crippen molar-refractivity contribution in [3.63, 3.8) is 0 Å². The Morgan fingerprint density at radius 1 is 1.14 bits per heavy atom. The number of hydrogen-bond acceptors (Lipinski definition) is 3. The van der Waals surface area contributed by atoms with Gasteiger partial charge in [-0.1, -0.05) is 30.3 Å². The maximum Gasteiger partial charge on any atom is 0.254 e. The van der Waals surface area contributed by atoms with Crippen LogP contribution in [0.25, 0.3) is 11.1 Å². The fourth-order valence-corrected chi connectivity index (χ4v) is 4.32. The molecule has 1 unspecified atom stereocenters. The summed E-state index contributed by atoms with van der Waals surface area (Å²) in [4.78, 5) is 19.8. The molecule has 1 saturated heterocycles. The number of rotatable bonds is 2. The number of piperazine rings is 1. The van der Waals surface area contributed by atoms with E-state index in [4.69, 9.17) is 0 Å². The Hall–Kier alpha value is -2.63. The highest BCUT2D eigenvalue weighted by molar-refractivity contribution is 5.96. The molecule has 0 radical (unpaired) electrons. The van der Waals surface area contributed by atoms with Crippen LogP contribution in [0.2, 0.25) is 0 Å². The summed E-state index contributed by atoms with van der Waals surface area (Å²) in [6.07, 6.45) is 4.62. The molecule has 3 aromatic rings. The molecule has 1 fully saturated rings. The largest absolute Gasteiger partial charge is 0.336 e. The minimum atomic E-state index is -0.0447. The number of imidazole rings is 1. The number of aryl methyl sites for hydroxylation is 1. The number of fused-ring (bicyclic) bond motifs is 3. The Morgan fingerprint density at radius 2 is 1.96 bits per heavy atom. The molecule has 0 bridgehead atoms. The first-order chi connectivity index (χ1) is 13.2. The van der Waals surface area contributed by atoms with Gasteiger partial charge in [0.05, 0.1) is 0 Å². The molecule has 5 rings (SSSR count). The Balaban J connectivity index is 0.00000192. The van der Waals surface area contributed by atoms with Crippen LogP contribution >= 0.6 is 12.4 Å². The molecule has 2 aromatic carbocycles. The normalized spacial score (nSPS) is 17.6. The van der Waals surface area contributed by atoms with E-state index < -0.39 is 0 Å². The van der Waals surface area contributed by atoms with Crippen LogP contribution in [-0.4, -0.2) is 40.0 Å². The monoisotopic (exact) mass is 394 g/mol. The van der Waals surface area contributed by atoms with E-state index in [2.05, 4.69) is 46.7 Å². The predicted octanol–water partition coefficient (Wildman–Crippen LogP) is 3.20. The van der Waals surface area contributed by atoms with Gasteiger partial charge in [0.1, 0.15) is 11.9 Å². The molecule has 5 nitrogen and oxygen atoms in total. The van der Waals surface area contributed by atoms with Crippen LogP contribution < -0.4 is 5.32 Å². The van der Waals surface area contributed by atoms with Gasteiger partial charge in [0.15, 0.2) is 0 Å². The Labute approximate surface area is 170 Å². The minimum absolute atomic E-state index is 0. The summed E-state index contributed by atoms with van der Waals surface area (Å²) in [6.45, 7) is 2.23. The van der Waals surface area contributed by atoms with Crippen LogP contribution in [0.15, 0.2) is 54.9 Å². The molecule has 0 saturated carbocycles. The lowest BCUT2D eigenvalue weighted by atomic mass is 10.0. The lowest BCUT2D eigenvalue weighted by Gasteiger charge is -2.36. The second kappa shape index (κ2) is 7.41. The molecular formula is C22H23ClN4O. The Bertz CT molecular complexity index is 1030. The number of nitrogens with one attached hydrogen (secondary N) is 1.